The lowest BCUT2D eigenvalue weighted by Gasteiger charge is -2.09. The summed E-state index contributed by atoms with van der Waals surface area (Å²) in [4.78, 5) is 24.0. The van der Waals surface area contributed by atoms with Crippen molar-refractivity contribution in [3.05, 3.63) is 52.5 Å². The van der Waals surface area contributed by atoms with Gasteiger partial charge in [0.2, 0.25) is 0 Å². The molecule has 0 fully saturated rings. The maximum atomic E-state index is 12.5. The van der Waals surface area contributed by atoms with Gasteiger partial charge in [-0.2, -0.15) is 0 Å². The molecule has 1 heterocycles. The molecule has 0 bridgehead atoms. The Hall–Kier alpha value is -3.22. The standard InChI is InChI=1S/C17H16N2O5/c1-19-14-8-11(4-5-15(14)24-17(19)21)18-16(20)10-6-12(22-2)9-13(7-10)23-3/h4-9H,1-3H3,(H,18,20). The monoisotopic (exact) mass is 328 g/mol. The van der Waals surface area contributed by atoms with Gasteiger partial charge >= 0.3 is 5.76 Å². The Balaban J connectivity index is 1.92. The zero-order chi connectivity index (χ0) is 17.3. The molecule has 0 unspecified atom stereocenters. The summed E-state index contributed by atoms with van der Waals surface area (Å²) in [7, 11) is 4.64. The highest BCUT2D eigenvalue weighted by atomic mass is 16.5. The van der Waals surface area contributed by atoms with Gasteiger partial charge in [-0.1, -0.05) is 0 Å². The highest BCUT2D eigenvalue weighted by molar-refractivity contribution is 6.05. The SMILES string of the molecule is COc1cc(OC)cc(C(=O)Nc2ccc3oc(=O)n(C)c3c2)c1. The molecule has 0 spiro atoms. The molecule has 124 valence electrons. The molecular formula is C17H16N2O5. The van der Waals surface area contributed by atoms with E-state index in [1.165, 1.54) is 18.8 Å². The van der Waals surface area contributed by atoms with Gasteiger partial charge in [-0.25, -0.2) is 4.79 Å². The number of hydrogen-bond donors (Lipinski definition) is 1. The number of rotatable bonds is 4. The number of carbonyl (C=O) groups excluding carboxylic acids is 1. The van der Waals surface area contributed by atoms with Gasteiger partial charge in [0.15, 0.2) is 5.58 Å². The molecule has 1 amide bonds. The predicted octanol–water partition coefficient (Wildman–Crippen LogP) is 2.40. The van der Waals surface area contributed by atoms with Crippen LogP contribution >= 0.6 is 0 Å². The average Bonchev–Trinajstić information content (AvgIpc) is 2.88. The van der Waals surface area contributed by atoms with Crippen LogP contribution in [-0.2, 0) is 7.05 Å². The number of aryl methyl sites for hydroxylation is 1. The first-order valence-corrected chi connectivity index (χ1v) is 7.16. The van der Waals surface area contributed by atoms with Crippen LogP contribution < -0.4 is 20.5 Å². The van der Waals surface area contributed by atoms with E-state index in [9.17, 15) is 9.59 Å². The van der Waals surface area contributed by atoms with Crippen LogP contribution in [0, 0.1) is 0 Å². The molecule has 0 aliphatic rings. The third-order valence-corrected chi connectivity index (χ3v) is 3.66. The lowest BCUT2D eigenvalue weighted by Crippen LogP contribution is -2.12. The molecule has 3 aromatic rings. The van der Waals surface area contributed by atoms with Crippen LogP contribution in [0.1, 0.15) is 10.4 Å². The largest absolute Gasteiger partial charge is 0.497 e. The summed E-state index contributed by atoms with van der Waals surface area (Å²) in [5, 5.41) is 2.78. The summed E-state index contributed by atoms with van der Waals surface area (Å²) in [6, 6.07) is 9.90. The van der Waals surface area contributed by atoms with Crippen molar-refractivity contribution in [1.29, 1.82) is 0 Å². The van der Waals surface area contributed by atoms with Gasteiger partial charge in [0, 0.05) is 24.4 Å². The molecule has 3 rings (SSSR count). The number of aromatic nitrogens is 1. The van der Waals surface area contributed by atoms with Crippen molar-refractivity contribution in [2.75, 3.05) is 19.5 Å². The first-order valence-electron chi connectivity index (χ1n) is 7.16. The lowest BCUT2D eigenvalue weighted by molar-refractivity contribution is 0.102. The van der Waals surface area contributed by atoms with E-state index in [0.29, 0.717) is 33.8 Å². The first kappa shape index (κ1) is 15.7. The number of nitrogens with one attached hydrogen (secondary N) is 1. The maximum absolute atomic E-state index is 12.5. The van der Waals surface area contributed by atoms with Crippen LogP contribution in [0.4, 0.5) is 5.69 Å². The van der Waals surface area contributed by atoms with Crippen molar-refractivity contribution in [2.24, 2.45) is 7.05 Å². The van der Waals surface area contributed by atoms with Crippen LogP contribution in [0.3, 0.4) is 0 Å². The number of fused-ring (bicyclic) bond motifs is 1. The van der Waals surface area contributed by atoms with Crippen LogP contribution in [0.2, 0.25) is 0 Å². The third-order valence-electron chi connectivity index (χ3n) is 3.66. The van der Waals surface area contributed by atoms with E-state index in [-0.39, 0.29) is 5.91 Å². The highest BCUT2D eigenvalue weighted by Gasteiger charge is 2.12. The van der Waals surface area contributed by atoms with E-state index in [2.05, 4.69) is 5.32 Å². The maximum Gasteiger partial charge on any atom is 0.419 e. The second kappa shape index (κ2) is 6.11. The van der Waals surface area contributed by atoms with Crippen molar-refractivity contribution >= 4 is 22.7 Å². The molecule has 7 heteroatoms. The van der Waals surface area contributed by atoms with E-state index >= 15 is 0 Å². The number of ether oxygens (including phenoxy) is 2. The minimum atomic E-state index is -0.453. The highest BCUT2D eigenvalue weighted by Crippen LogP contribution is 2.24. The van der Waals surface area contributed by atoms with Crippen molar-refractivity contribution in [2.45, 2.75) is 0 Å². The van der Waals surface area contributed by atoms with Gasteiger partial charge in [0.05, 0.1) is 19.7 Å². The zero-order valence-corrected chi connectivity index (χ0v) is 13.5. The number of benzene rings is 2. The van der Waals surface area contributed by atoms with Gasteiger partial charge in [-0.15, -0.1) is 0 Å². The number of oxazole rings is 1. The number of amides is 1. The number of anilines is 1. The molecule has 0 radical (unpaired) electrons. The van der Waals surface area contributed by atoms with Crippen LogP contribution in [-0.4, -0.2) is 24.7 Å². The third kappa shape index (κ3) is 2.83. The summed E-state index contributed by atoms with van der Waals surface area (Å²) >= 11 is 0. The quantitative estimate of drug-likeness (QED) is 0.795. The second-order valence-corrected chi connectivity index (χ2v) is 5.16. The van der Waals surface area contributed by atoms with E-state index in [1.807, 2.05) is 0 Å². The normalized spacial score (nSPS) is 10.6. The fraction of sp³-hybridized carbons (Fsp3) is 0.176. The topological polar surface area (TPSA) is 82.7 Å². The van der Waals surface area contributed by atoms with Crippen molar-refractivity contribution in [3.63, 3.8) is 0 Å². The molecular weight excluding hydrogens is 312 g/mol. The number of methoxy groups -OCH3 is 2. The van der Waals surface area contributed by atoms with Crippen LogP contribution in [0.15, 0.2) is 45.6 Å². The lowest BCUT2D eigenvalue weighted by atomic mass is 10.1. The second-order valence-electron chi connectivity index (χ2n) is 5.16. The van der Waals surface area contributed by atoms with Gasteiger partial charge in [-0.05, 0) is 30.3 Å². The smallest absolute Gasteiger partial charge is 0.419 e. The van der Waals surface area contributed by atoms with Crippen molar-refractivity contribution < 1.29 is 18.7 Å². The number of nitrogens with zero attached hydrogens (tertiary/aromatic N) is 1. The summed E-state index contributed by atoms with van der Waals surface area (Å²) < 4.78 is 16.8. The molecule has 0 atom stereocenters. The van der Waals surface area contributed by atoms with Gasteiger partial charge in [0.25, 0.3) is 5.91 Å². The van der Waals surface area contributed by atoms with E-state index in [0.717, 1.165) is 0 Å². The van der Waals surface area contributed by atoms with Crippen LogP contribution in [0.5, 0.6) is 11.5 Å². The van der Waals surface area contributed by atoms with Gasteiger partial charge in [-0.3, -0.25) is 9.36 Å². The van der Waals surface area contributed by atoms with Crippen LogP contribution in [0.25, 0.3) is 11.1 Å². The Morgan fingerprint density at radius 2 is 1.75 bits per heavy atom. The molecule has 24 heavy (non-hydrogen) atoms. The molecule has 1 N–H and O–H groups in total. The van der Waals surface area contributed by atoms with E-state index in [4.69, 9.17) is 13.9 Å². The Kier molecular flexibility index (Phi) is 3.99. The van der Waals surface area contributed by atoms with Gasteiger partial charge in [0.1, 0.15) is 11.5 Å². The molecule has 0 aliphatic heterocycles. The number of hydrogen-bond acceptors (Lipinski definition) is 5. The van der Waals surface area contributed by atoms with Crippen molar-refractivity contribution in [1.82, 2.24) is 4.57 Å². The summed E-state index contributed by atoms with van der Waals surface area (Å²) in [5.41, 5.74) is 2.00. The summed E-state index contributed by atoms with van der Waals surface area (Å²) in [6.07, 6.45) is 0. The Morgan fingerprint density at radius 1 is 1.08 bits per heavy atom. The molecule has 0 saturated carbocycles. The number of carbonyl (C=O) groups is 1. The minimum Gasteiger partial charge on any atom is -0.497 e. The fourth-order valence-electron chi connectivity index (χ4n) is 2.35. The fourth-order valence-corrected chi connectivity index (χ4v) is 2.35. The molecule has 0 saturated heterocycles. The van der Waals surface area contributed by atoms with E-state index in [1.54, 1.807) is 43.4 Å². The molecule has 1 aromatic heterocycles. The van der Waals surface area contributed by atoms with E-state index < -0.39 is 5.76 Å². The molecule has 0 aliphatic carbocycles. The Morgan fingerprint density at radius 3 is 2.38 bits per heavy atom. The first-order chi connectivity index (χ1) is 11.5. The zero-order valence-electron chi connectivity index (χ0n) is 13.5. The summed E-state index contributed by atoms with van der Waals surface area (Å²) in [6.45, 7) is 0. The molecule has 2 aromatic carbocycles. The Labute approximate surface area is 137 Å². The summed E-state index contributed by atoms with van der Waals surface area (Å²) in [5.74, 6) is 0.269. The average molecular weight is 328 g/mol. The molecule has 7 nitrogen and oxygen atoms in total. The minimum absolute atomic E-state index is 0.319. The Bertz CT molecular complexity index is 949. The predicted molar refractivity (Wildman–Crippen MR) is 89.0 cm³/mol. The van der Waals surface area contributed by atoms with Crippen molar-refractivity contribution in [3.8, 4) is 11.5 Å². The van der Waals surface area contributed by atoms with Gasteiger partial charge < -0.3 is 19.2 Å².